The molecule has 8 nitrogen and oxygen atoms in total. The second-order valence-corrected chi connectivity index (χ2v) is 7.47. The number of carbonyl (C=O) groups excluding carboxylic acids is 2. The summed E-state index contributed by atoms with van der Waals surface area (Å²) in [6.07, 6.45) is 3.16. The SMILES string of the molecule is Cn1c(CN2C(=O)NC3(CCCCc4ccccc43)C2=O)cc(=O)n(C)c1=O. The smallest absolute Gasteiger partial charge is 0.319 e. The van der Waals surface area contributed by atoms with Crippen LogP contribution in [0.1, 0.15) is 36.1 Å². The number of nitrogens with zero attached hydrogens (tertiary/aromatic N) is 3. The van der Waals surface area contributed by atoms with Crippen molar-refractivity contribution in [2.45, 2.75) is 37.8 Å². The van der Waals surface area contributed by atoms with E-state index in [1.165, 1.54) is 24.7 Å². The topological polar surface area (TPSA) is 93.4 Å². The average molecular weight is 382 g/mol. The number of imide groups is 1. The minimum atomic E-state index is -1.08. The lowest BCUT2D eigenvalue weighted by Gasteiger charge is -2.27. The van der Waals surface area contributed by atoms with Crippen LogP contribution in [-0.4, -0.2) is 26.0 Å². The lowest BCUT2D eigenvalue weighted by molar-refractivity contribution is -0.132. The molecule has 1 spiro atoms. The van der Waals surface area contributed by atoms with Gasteiger partial charge in [-0.3, -0.25) is 23.6 Å². The lowest BCUT2D eigenvalue weighted by Crippen LogP contribution is -2.44. The van der Waals surface area contributed by atoms with Gasteiger partial charge >= 0.3 is 11.7 Å². The van der Waals surface area contributed by atoms with Crippen LogP contribution in [0.3, 0.4) is 0 Å². The maximum Gasteiger partial charge on any atom is 0.330 e. The minimum absolute atomic E-state index is 0.129. The van der Waals surface area contributed by atoms with Crippen LogP contribution in [0, 0.1) is 0 Å². The number of hydrogen-bond donors (Lipinski definition) is 1. The van der Waals surface area contributed by atoms with Crippen LogP contribution in [0.2, 0.25) is 0 Å². The van der Waals surface area contributed by atoms with Crippen LogP contribution >= 0.6 is 0 Å². The first-order chi connectivity index (χ1) is 13.3. The zero-order valence-corrected chi connectivity index (χ0v) is 15.9. The standard InChI is InChI=1S/C20H22N4O4/c1-22-14(11-16(25)23(2)19(22)28)12-24-17(26)20(21-18(24)27)10-6-5-8-13-7-3-4-9-15(13)20/h3-4,7,9,11H,5-6,8,10,12H2,1-2H3,(H,21,27). The van der Waals surface area contributed by atoms with Crippen LogP contribution in [0.15, 0.2) is 39.9 Å². The van der Waals surface area contributed by atoms with Gasteiger partial charge in [-0.15, -0.1) is 0 Å². The Bertz CT molecular complexity index is 1100. The zero-order chi connectivity index (χ0) is 20.1. The van der Waals surface area contributed by atoms with Gasteiger partial charge < -0.3 is 5.32 Å². The van der Waals surface area contributed by atoms with E-state index in [1.54, 1.807) is 0 Å². The zero-order valence-electron chi connectivity index (χ0n) is 15.9. The van der Waals surface area contributed by atoms with E-state index in [1.807, 2.05) is 24.3 Å². The van der Waals surface area contributed by atoms with Crippen molar-refractivity contribution in [3.63, 3.8) is 0 Å². The molecule has 0 bridgehead atoms. The Kier molecular flexibility index (Phi) is 4.21. The average Bonchev–Trinajstić information content (AvgIpc) is 2.83. The van der Waals surface area contributed by atoms with Crippen molar-refractivity contribution in [2.75, 3.05) is 0 Å². The normalized spacial score (nSPS) is 21.6. The first kappa shape index (κ1) is 18.2. The molecular weight excluding hydrogens is 360 g/mol. The van der Waals surface area contributed by atoms with E-state index in [0.29, 0.717) is 12.1 Å². The number of rotatable bonds is 2. The van der Waals surface area contributed by atoms with Crippen molar-refractivity contribution in [2.24, 2.45) is 14.1 Å². The lowest BCUT2D eigenvalue weighted by atomic mass is 9.84. The fraction of sp³-hybridized carbons (Fsp3) is 0.400. The van der Waals surface area contributed by atoms with Crippen LogP contribution < -0.4 is 16.6 Å². The van der Waals surface area contributed by atoms with Crippen molar-refractivity contribution in [1.82, 2.24) is 19.4 Å². The molecule has 2 aromatic rings. The number of hydrogen-bond acceptors (Lipinski definition) is 4. The molecule has 2 aliphatic rings. The molecule has 1 saturated heterocycles. The molecule has 1 aliphatic carbocycles. The maximum atomic E-state index is 13.4. The van der Waals surface area contributed by atoms with E-state index in [2.05, 4.69) is 5.32 Å². The molecule has 1 N–H and O–H groups in total. The highest BCUT2D eigenvalue weighted by molar-refractivity contribution is 6.07. The quantitative estimate of drug-likeness (QED) is 0.776. The van der Waals surface area contributed by atoms with E-state index in [-0.39, 0.29) is 12.5 Å². The molecule has 1 aromatic heterocycles. The summed E-state index contributed by atoms with van der Waals surface area (Å²) in [7, 11) is 2.91. The van der Waals surface area contributed by atoms with Crippen molar-refractivity contribution < 1.29 is 9.59 Å². The third-order valence-corrected chi connectivity index (χ3v) is 5.85. The van der Waals surface area contributed by atoms with E-state index >= 15 is 0 Å². The van der Waals surface area contributed by atoms with E-state index in [4.69, 9.17) is 0 Å². The fourth-order valence-electron chi connectivity index (χ4n) is 4.21. The van der Waals surface area contributed by atoms with Gasteiger partial charge in [-0.1, -0.05) is 24.3 Å². The number of aromatic nitrogens is 2. The number of aryl methyl sites for hydroxylation is 1. The number of carbonyl (C=O) groups is 2. The third-order valence-electron chi connectivity index (χ3n) is 5.85. The summed E-state index contributed by atoms with van der Waals surface area (Å²) in [4.78, 5) is 51.5. The Hall–Kier alpha value is -3.16. The second-order valence-electron chi connectivity index (χ2n) is 7.47. The van der Waals surface area contributed by atoms with E-state index < -0.39 is 22.8 Å². The van der Waals surface area contributed by atoms with Gasteiger partial charge in [0.05, 0.1) is 6.54 Å². The van der Waals surface area contributed by atoms with Crippen LogP contribution in [0.4, 0.5) is 4.79 Å². The number of urea groups is 1. The molecule has 2 heterocycles. The molecule has 1 aromatic carbocycles. The van der Waals surface area contributed by atoms with Gasteiger partial charge in [0.25, 0.3) is 11.5 Å². The monoisotopic (exact) mass is 382 g/mol. The molecular formula is C20H22N4O4. The van der Waals surface area contributed by atoms with Crippen LogP contribution in [0.25, 0.3) is 0 Å². The Labute approximate surface area is 161 Å². The van der Waals surface area contributed by atoms with Gasteiger partial charge in [0.1, 0.15) is 5.54 Å². The summed E-state index contributed by atoms with van der Waals surface area (Å²) in [6, 6.07) is 8.49. The molecule has 146 valence electrons. The number of fused-ring (bicyclic) bond motifs is 2. The highest BCUT2D eigenvalue weighted by Crippen LogP contribution is 2.39. The molecule has 1 aliphatic heterocycles. The van der Waals surface area contributed by atoms with Crippen molar-refractivity contribution in [1.29, 1.82) is 0 Å². The van der Waals surface area contributed by atoms with Gasteiger partial charge in [-0.2, -0.15) is 0 Å². The van der Waals surface area contributed by atoms with E-state index in [0.717, 1.165) is 39.9 Å². The number of nitrogens with one attached hydrogen (secondary N) is 1. The van der Waals surface area contributed by atoms with Crippen molar-refractivity contribution in [3.05, 3.63) is 68.0 Å². The highest BCUT2D eigenvalue weighted by Gasteiger charge is 2.53. The van der Waals surface area contributed by atoms with Gasteiger partial charge in [0, 0.05) is 25.9 Å². The molecule has 8 heteroatoms. The van der Waals surface area contributed by atoms with Gasteiger partial charge in [0.15, 0.2) is 0 Å². The minimum Gasteiger partial charge on any atom is -0.319 e. The molecule has 0 radical (unpaired) electrons. The Balaban J connectivity index is 1.75. The van der Waals surface area contributed by atoms with Crippen molar-refractivity contribution in [3.8, 4) is 0 Å². The molecule has 1 atom stereocenters. The van der Waals surface area contributed by atoms with Crippen LogP contribution in [0.5, 0.6) is 0 Å². The molecule has 3 amide bonds. The summed E-state index contributed by atoms with van der Waals surface area (Å²) in [6.45, 7) is -0.129. The summed E-state index contributed by atoms with van der Waals surface area (Å²) < 4.78 is 2.27. The molecule has 4 rings (SSSR count). The highest BCUT2D eigenvalue weighted by atomic mass is 16.2. The second kappa shape index (κ2) is 6.47. The molecule has 1 fully saturated rings. The summed E-state index contributed by atoms with van der Waals surface area (Å²) in [5.41, 5.74) is 0.171. The van der Waals surface area contributed by atoms with Gasteiger partial charge in [0.2, 0.25) is 0 Å². The molecule has 28 heavy (non-hydrogen) atoms. The predicted octanol–water partition coefficient (Wildman–Crippen LogP) is 0.758. The largest absolute Gasteiger partial charge is 0.330 e. The summed E-state index contributed by atoms with van der Waals surface area (Å²) in [5, 5.41) is 2.91. The Morgan fingerprint density at radius 2 is 1.79 bits per heavy atom. The molecule has 1 unspecified atom stereocenters. The van der Waals surface area contributed by atoms with Crippen molar-refractivity contribution >= 4 is 11.9 Å². The van der Waals surface area contributed by atoms with Crippen LogP contribution in [-0.2, 0) is 37.4 Å². The summed E-state index contributed by atoms with van der Waals surface area (Å²) >= 11 is 0. The predicted molar refractivity (Wildman–Crippen MR) is 102 cm³/mol. The first-order valence-corrected chi connectivity index (χ1v) is 9.33. The summed E-state index contributed by atoms with van der Waals surface area (Å²) in [5.74, 6) is -0.333. The Morgan fingerprint density at radius 3 is 2.57 bits per heavy atom. The molecule has 0 saturated carbocycles. The fourth-order valence-corrected chi connectivity index (χ4v) is 4.21. The number of amides is 3. The number of benzene rings is 1. The van der Waals surface area contributed by atoms with E-state index in [9.17, 15) is 19.2 Å². The first-order valence-electron chi connectivity index (χ1n) is 9.33. The van der Waals surface area contributed by atoms with Gasteiger partial charge in [-0.25, -0.2) is 9.59 Å². The third kappa shape index (κ3) is 2.59. The Morgan fingerprint density at radius 1 is 1.04 bits per heavy atom. The van der Waals surface area contributed by atoms with Gasteiger partial charge in [-0.05, 0) is 36.8 Å². The maximum absolute atomic E-state index is 13.4.